The first-order valence-corrected chi connectivity index (χ1v) is 11.3. The lowest BCUT2D eigenvalue weighted by atomic mass is 9.83. The van der Waals surface area contributed by atoms with Crippen LogP contribution in [0.3, 0.4) is 0 Å². The third-order valence-corrected chi connectivity index (χ3v) is 6.60. The molecular weight excluding hydrogens is 476 g/mol. The summed E-state index contributed by atoms with van der Waals surface area (Å²) in [6, 6.07) is -3.02. The Morgan fingerprint density at radius 2 is 1.49 bits per heavy atom. The minimum absolute atomic E-state index is 0.0302. The number of aliphatic hydroxyl groups is 6. The van der Waals surface area contributed by atoms with Gasteiger partial charge < -0.3 is 77.2 Å². The van der Waals surface area contributed by atoms with Crippen LogP contribution in [0.15, 0.2) is 0 Å². The summed E-state index contributed by atoms with van der Waals surface area (Å²) in [5.41, 5.74) is 17.6. The average molecular weight is 513 g/mol. The summed E-state index contributed by atoms with van der Waals surface area (Å²) in [5, 5.41) is 72.8. The van der Waals surface area contributed by atoms with Crippen LogP contribution in [0.4, 0.5) is 0 Å². The lowest BCUT2D eigenvalue weighted by Crippen LogP contribution is -2.68. The molecule has 3 rings (SSSR count). The average Bonchev–Trinajstić information content (AvgIpc) is 3.10. The van der Waals surface area contributed by atoms with E-state index in [9.17, 15) is 35.4 Å². The highest BCUT2D eigenvalue weighted by Gasteiger charge is 2.52. The number of carboxylic acid groups (broad SMARTS) is 1. The predicted octanol–water partition coefficient (Wildman–Crippen LogP) is -6.94. The molecule has 0 aromatic carbocycles. The SMILES string of the molecule is NCC1OC(OC2C(NCC(=O)O)CC(N)C(O)C2OC2OC(CO)C(O)C2O)C(N)C(O)C1O. The van der Waals surface area contributed by atoms with Crippen LogP contribution >= 0.6 is 0 Å². The molecule has 14 unspecified atom stereocenters. The van der Waals surface area contributed by atoms with Gasteiger partial charge in [0.1, 0.15) is 48.8 Å². The Balaban J connectivity index is 1.86. The molecule has 1 saturated carbocycles. The fraction of sp³-hybridized carbons (Fsp3) is 0.947. The number of carbonyl (C=O) groups is 1. The molecule has 2 saturated heterocycles. The van der Waals surface area contributed by atoms with Gasteiger partial charge in [-0.05, 0) is 6.42 Å². The highest BCUT2D eigenvalue weighted by atomic mass is 16.7. The molecule has 0 aromatic heterocycles. The molecule has 3 fully saturated rings. The van der Waals surface area contributed by atoms with E-state index >= 15 is 0 Å². The zero-order chi connectivity index (χ0) is 26.0. The zero-order valence-corrected chi connectivity index (χ0v) is 18.8. The zero-order valence-electron chi connectivity index (χ0n) is 18.8. The van der Waals surface area contributed by atoms with Crippen LogP contribution in [-0.2, 0) is 23.7 Å². The molecule has 16 heteroatoms. The predicted molar refractivity (Wildman–Crippen MR) is 113 cm³/mol. The first-order valence-electron chi connectivity index (χ1n) is 11.3. The van der Waals surface area contributed by atoms with Gasteiger partial charge in [-0.25, -0.2) is 0 Å². The van der Waals surface area contributed by atoms with Gasteiger partial charge in [-0.3, -0.25) is 4.79 Å². The van der Waals surface area contributed by atoms with E-state index in [1.165, 1.54) is 0 Å². The highest BCUT2D eigenvalue weighted by Crippen LogP contribution is 2.32. The summed E-state index contributed by atoms with van der Waals surface area (Å²) in [5.74, 6) is -1.18. The van der Waals surface area contributed by atoms with Gasteiger partial charge >= 0.3 is 5.97 Å². The first kappa shape index (κ1) is 28.5. The van der Waals surface area contributed by atoms with Crippen LogP contribution in [0, 0.1) is 0 Å². The Morgan fingerprint density at radius 1 is 0.886 bits per heavy atom. The van der Waals surface area contributed by atoms with Crippen molar-refractivity contribution < 1.29 is 59.5 Å². The first-order chi connectivity index (χ1) is 16.5. The van der Waals surface area contributed by atoms with Gasteiger partial charge in [0.15, 0.2) is 12.6 Å². The van der Waals surface area contributed by atoms with E-state index in [2.05, 4.69) is 5.32 Å². The summed E-state index contributed by atoms with van der Waals surface area (Å²) in [6.45, 7) is -1.29. The number of aliphatic hydroxyl groups excluding tert-OH is 6. The van der Waals surface area contributed by atoms with E-state index in [0.29, 0.717) is 0 Å². The second kappa shape index (κ2) is 12.0. The molecule has 14 atom stereocenters. The largest absolute Gasteiger partial charge is 0.480 e. The number of hydrogen-bond donors (Lipinski definition) is 11. The van der Waals surface area contributed by atoms with Crippen molar-refractivity contribution >= 4 is 5.97 Å². The van der Waals surface area contributed by atoms with Gasteiger partial charge in [-0.15, -0.1) is 0 Å². The molecule has 2 aliphatic heterocycles. The second-order valence-electron chi connectivity index (χ2n) is 9.02. The molecule has 1 aliphatic carbocycles. The smallest absolute Gasteiger partial charge is 0.317 e. The molecule has 0 aromatic rings. The molecule has 0 radical (unpaired) electrons. The van der Waals surface area contributed by atoms with Crippen LogP contribution in [0.2, 0.25) is 0 Å². The molecule has 204 valence electrons. The maximum absolute atomic E-state index is 11.2. The van der Waals surface area contributed by atoms with Crippen molar-refractivity contribution in [2.75, 3.05) is 19.7 Å². The molecule has 16 nitrogen and oxygen atoms in total. The summed E-state index contributed by atoms with van der Waals surface area (Å²) in [7, 11) is 0. The van der Waals surface area contributed by atoms with Crippen LogP contribution in [0.25, 0.3) is 0 Å². The molecule has 2 heterocycles. The number of aliphatic carboxylic acids is 1. The molecule has 3 aliphatic rings. The van der Waals surface area contributed by atoms with E-state index in [0.717, 1.165) is 0 Å². The van der Waals surface area contributed by atoms with E-state index < -0.39 is 105 Å². The van der Waals surface area contributed by atoms with Crippen molar-refractivity contribution in [3.63, 3.8) is 0 Å². The fourth-order valence-corrected chi connectivity index (χ4v) is 4.54. The van der Waals surface area contributed by atoms with Gasteiger partial charge in [0.25, 0.3) is 0 Å². The van der Waals surface area contributed by atoms with Gasteiger partial charge in [0, 0.05) is 18.6 Å². The number of nitrogens with two attached hydrogens (primary N) is 3. The number of rotatable bonds is 9. The Bertz CT molecular complexity index is 707. The fourth-order valence-electron chi connectivity index (χ4n) is 4.54. The quantitative estimate of drug-likeness (QED) is 0.137. The molecule has 14 N–H and O–H groups in total. The lowest BCUT2D eigenvalue weighted by Gasteiger charge is -2.48. The van der Waals surface area contributed by atoms with Gasteiger partial charge in [0.2, 0.25) is 0 Å². The van der Waals surface area contributed by atoms with Gasteiger partial charge in [-0.1, -0.05) is 0 Å². The van der Waals surface area contributed by atoms with E-state index in [-0.39, 0.29) is 13.0 Å². The maximum Gasteiger partial charge on any atom is 0.317 e. The number of hydrogen-bond acceptors (Lipinski definition) is 15. The van der Waals surface area contributed by atoms with Crippen molar-refractivity contribution in [2.24, 2.45) is 17.2 Å². The summed E-state index contributed by atoms with van der Waals surface area (Å²) >= 11 is 0. The molecule has 0 spiro atoms. The molecule has 35 heavy (non-hydrogen) atoms. The van der Waals surface area contributed by atoms with Gasteiger partial charge in [-0.2, -0.15) is 0 Å². The van der Waals surface area contributed by atoms with Crippen LogP contribution in [0.5, 0.6) is 0 Å². The van der Waals surface area contributed by atoms with Crippen molar-refractivity contribution in [1.82, 2.24) is 5.32 Å². The topological polar surface area (TPSA) is 286 Å². The van der Waals surface area contributed by atoms with Crippen molar-refractivity contribution in [3.05, 3.63) is 0 Å². The van der Waals surface area contributed by atoms with Gasteiger partial charge in [0.05, 0.1) is 25.3 Å². The third kappa shape index (κ3) is 6.08. The van der Waals surface area contributed by atoms with Crippen LogP contribution in [-0.4, -0.2) is 147 Å². The minimum Gasteiger partial charge on any atom is -0.480 e. The molecular formula is C19H36N4O12. The lowest BCUT2D eigenvalue weighted by molar-refractivity contribution is -0.307. The summed E-state index contributed by atoms with van der Waals surface area (Å²) < 4.78 is 22.7. The second-order valence-corrected chi connectivity index (χ2v) is 9.02. The Hall–Kier alpha value is -1.09. The molecule has 0 bridgehead atoms. The standard InChI is InChI=1S/C19H36N4O12/c20-2-7-12(28)14(30)10(22)18(32-7)34-16-6(23-3-9(25)26)1-5(21)11(27)17(16)35-19-15(31)13(29)8(4-24)33-19/h5-8,10-19,23-24,27-31H,1-4,20-22H2,(H,25,26). The number of carboxylic acids is 1. The van der Waals surface area contributed by atoms with Crippen molar-refractivity contribution in [1.29, 1.82) is 0 Å². The molecule has 0 amide bonds. The number of nitrogens with one attached hydrogen (secondary N) is 1. The Kier molecular flexibility index (Phi) is 9.74. The highest BCUT2D eigenvalue weighted by molar-refractivity contribution is 5.69. The summed E-state index contributed by atoms with van der Waals surface area (Å²) in [6.07, 6.45) is -14.9. The monoisotopic (exact) mass is 512 g/mol. The van der Waals surface area contributed by atoms with E-state index in [1.807, 2.05) is 0 Å². The summed E-state index contributed by atoms with van der Waals surface area (Å²) in [4.78, 5) is 11.2. The Morgan fingerprint density at radius 3 is 2.06 bits per heavy atom. The van der Waals surface area contributed by atoms with Crippen LogP contribution < -0.4 is 22.5 Å². The van der Waals surface area contributed by atoms with Crippen molar-refractivity contribution in [3.8, 4) is 0 Å². The third-order valence-electron chi connectivity index (χ3n) is 6.60. The maximum atomic E-state index is 11.2. The normalized spacial score (nSPS) is 48.7. The van der Waals surface area contributed by atoms with E-state index in [4.69, 9.17) is 41.3 Å². The Labute approximate surface area is 200 Å². The van der Waals surface area contributed by atoms with E-state index in [1.54, 1.807) is 0 Å². The van der Waals surface area contributed by atoms with Crippen LogP contribution in [0.1, 0.15) is 6.42 Å². The number of ether oxygens (including phenoxy) is 4. The minimum atomic E-state index is -1.59. The van der Waals surface area contributed by atoms with Crippen molar-refractivity contribution in [2.45, 2.75) is 92.1 Å².